The van der Waals surface area contributed by atoms with Gasteiger partial charge in [0.15, 0.2) is 5.96 Å². The smallest absolute Gasteiger partial charge is 0.191 e. The Balaban J connectivity index is 0.00000272. The van der Waals surface area contributed by atoms with Crippen LogP contribution in [0.15, 0.2) is 72.0 Å². The summed E-state index contributed by atoms with van der Waals surface area (Å²) in [5, 5.41) is 12.1. The molecule has 2 aromatic carbocycles. The molecule has 0 amide bonds. The maximum atomic E-state index is 6.15. The average Bonchev–Trinajstić information content (AvgIpc) is 3.44. The summed E-state index contributed by atoms with van der Waals surface area (Å²) in [4.78, 5) is 6.78. The number of benzene rings is 2. The first-order chi connectivity index (χ1) is 14.7. The zero-order chi connectivity index (χ0) is 20.8. The van der Waals surface area contributed by atoms with Gasteiger partial charge in [-0.05, 0) is 41.8 Å². The lowest BCUT2D eigenvalue weighted by Crippen LogP contribution is -2.44. The maximum absolute atomic E-state index is 6.15. The molecule has 2 heterocycles. The molecule has 1 fully saturated rings. The highest BCUT2D eigenvalue weighted by molar-refractivity contribution is 14.0. The second kappa shape index (κ2) is 11.4. The van der Waals surface area contributed by atoms with Crippen molar-refractivity contribution in [2.75, 3.05) is 25.0 Å². The third-order valence-electron chi connectivity index (χ3n) is 5.38. The minimum Gasteiger partial charge on any atom is -0.369 e. The van der Waals surface area contributed by atoms with E-state index in [-0.39, 0.29) is 24.0 Å². The number of rotatable bonds is 6. The highest BCUT2D eigenvalue weighted by Gasteiger charge is 2.23. The van der Waals surface area contributed by atoms with Crippen molar-refractivity contribution in [2.45, 2.75) is 25.6 Å². The van der Waals surface area contributed by atoms with Crippen LogP contribution >= 0.6 is 35.6 Å². The summed E-state index contributed by atoms with van der Waals surface area (Å²) in [6.07, 6.45) is 4.85. The first-order valence-corrected chi connectivity index (χ1v) is 10.6. The molecule has 8 heteroatoms. The molecule has 1 saturated heterocycles. The van der Waals surface area contributed by atoms with Gasteiger partial charge in [-0.25, -0.2) is 0 Å². The van der Waals surface area contributed by atoms with Gasteiger partial charge in [-0.15, -0.1) is 24.0 Å². The van der Waals surface area contributed by atoms with Crippen molar-refractivity contribution in [2.24, 2.45) is 4.99 Å². The fourth-order valence-electron chi connectivity index (χ4n) is 3.81. The van der Waals surface area contributed by atoms with E-state index in [2.05, 4.69) is 56.0 Å². The Kier molecular flexibility index (Phi) is 8.60. The van der Waals surface area contributed by atoms with Crippen LogP contribution in [0, 0.1) is 0 Å². The fourth-order valence-corrected chi connectivity index (χ4v) is 3.99. The number of hydrogen-bond acceptors (Lipinski definition) is 3. The van der Waals surface area contributed by atoms with E-state index >= 15 is 0 Å². The summed E-state index contributed by atoms with van der Waals surface area (Å²) in [5.41, 5.74) is 3.65. The average molecular weight is 551 g/mol. The molecular formula is C23H28ClIN6. The Labute approximate surface area is 205 Å². The zero-order valence-corrected chi connectivity index (χ0v) is 20.6. The lowest BCUT2D eigenvalue weighted by molar-refractivity contribution is 0.645. The standard InChI is InChI=1S/C23H27ClN6.HI/c1-25-23(28-21-10-13-29(17-21)22-9-4-8-20(24)14-22)26-15-18-6-2-3-7-19(18)16-30-12-5-11-27-30;/h2-9,11-12,14,21H,10,13,15-17H2,1H3,(H2,25,26,28);1H. The van der Waals surface area contributed by atoms with Crippen LogP contribution in [0.25, 0.3) is 0 Å². The first kappa shape index (κ1) is 23.4. The van der Waals surface area contributed by atoms with Crippen LogP contribution in [-0.2, 0) is 13.1 Å². The highest BCUT2D eigenvalue weighted by atomic mass is 127. The lowest BCUT2D eigenvalue weighted by atomic mass is 10.1. The molecule has 3 aromatic rings. The van der Waals surface area contributed by atoms with Gasteiger partial charge in [0.25, 0.3) is 0 Å². The van der Waals surface area contributed by atoms with Gasteiger partial charge < -0.3 is 15.5 Å². The van der Waals surface area contributed by atoms with Gasteiger partial charge in [0.1, 0.15) is 0 Å². The molecule has 4 rings (SSSR count). The first-order valence-electron chi connectivity index (χ1n) is 10.2. The molecule has 6 nitrogen and oxygen atoms in total. The number of aliphatic imine (C=N–C) groups is 1. The number of nitrogens with one attached hydrogen (secondary N) is 2. The molecule has 1 aliphatic heterocycles. The van der Waals surface area contributed by atoms with E-state index in [0.29, 0.717) is 12.6 Å². The van der Waals surface area contributed by atoms with Crippen molar-refractivity contribution in [1.29, 1.82) is 0 Å². The Morgan fingerprint density at radius 3 is 2.74 bits per heavy atom. The van der Waals surface area contributed by atoms with Gasteiger partial charge in [-0.2, -0.15) is 5.10 Å². The molecule has 0 radical (unpaired) electrons. The highest BCUT2D eigenvalue weighted by Crippen LogP contribution is 2.23. The summed E-state index contributed by atoms with van der Waals surface area (Å²) in [6, 6.07) is 18.8. The third-order valence-corrected chi connectivity index (χ3v) is 5.62. The van der Waals surface area contributed by atoms with E-state index < -0.39 is 0 Å². The second-order valence-electron chi connectivity index (χ2n) is 7.45. The number of hydrogen-bond donors (Lipinski definition) is 2. The Morgan fingerprint density at radius 2 is 2.00 bits per heavy atom. The van der Waals surface area contributed by atoms with Crippen molar-refractivity contribution >= 4 is 47.2 Å². The summed E-state index contributed by atoms with van der Waals surface area (Å²) in [5.74, 6) is 0.821. The molecule has 1 atom stereocenters. The lowest BCUT2D eigenvalue weighted by Gasteiger charge is -2.21. The molecule has 0 aliphatic carbocycles. The molecule has 0 bridgehead atoms. The van der Waals surface area contributed by atoms with Crippen molar-refractivity contribution in [3.05, 3.63) is 83.1 Å². The van der Waals surface area contributed by atoms with Crippen LogP contribution in [0.2, 0.25) is 5.02 Å². The van der Waals surface area contributed by atoms with Gasteiger partial charge >= 0.3 is 0 Å². The molecule has 1 unspecified atom stereocenters. The second-order valence-corrected chi connectivity index (χ2v) is 7.89. The third kappa shape index (κ3) is 6.36. The normalized spacial score (nSPS) is 16.1. The predicted molar refractivity (Wildman–Crippen MR) is 139 cm³/mol. The van der Waals surface area contributed by atoms with Crippen molar-refractivity contribution in [1.82, 2.24) is 20.4 Å². The van der Waals surface area contributed by atoms with E-state index in [1.54, 1.807) is 6.20 Å². The SMILES string of the molecule is CN=C(NCc1ccccc1Cn1cccn1)NC1CCN(c2cccc(Cl)c2)C1.I. The predicted octanol–water partition coefficient (Wildman–Crippen LogP) is 4.15. The van der Waals surface area contributed by atoms with Gasteiger partial charge in [0, 0.05) is 55.8 Å². The van der Waals surface area contributed by atoms with Crippen molar-refractivity contribution in [3.8, 4) is 0 Å². The maximum Gasteiger partial charge on any atom is 0.191 e. The quantitative estimate of drug-likeness (QED) is 0.275. The molecule has 1 aliphatic rings. The van der Waals surface area contributed by atoms with Gasteiger partial charge in [-0.1, -0.05) is 41.9 Å². The van der Waals surface area contributed by atoms with Crippen LogP contribution in [0.1, 0.15) is 17.5 Å². The van der Waals surface area contributed by atoms with Gasteiger partial charge in [0.2, 0.25) is 0 Å². The van der Waals surface area contributed by atoms with Crippen LogP contribution in [-0.4, -0.2) is 41.9 Å². The van der Waals surface area contributed by atoms with Crippen molar-refractivity contribution < 1.29 is 0 Å². The number of guanidine groups is 1. The van der Waals surface area contributed by atoms with Crippen LogP contribution < -0.4 is 15.5 Å². The zero-order valence-electron chi connectivity index (χ0n) is 17.5. The van der Waals surface area contributed by atoms with E-state index in [9.17, 15) is 0 Å². The topological polar surface area (TPSA) is 57.5 Å². The Morgan fingerprint density at radius 1 is 1.16 bits per heavy atom. The summed E-state index contributed by atoms with van der Waals surface area (Å²) >= 11 is 6.15. The fraction of sp³-hybridized carbons (Fsp3) is 0.304. The largest absolute Gasteiger partial charge is 0.369 e. The Bertz CT molecular complexity index is 991. The number of nitrogens with zero attached hydrogens (tertiary/aromatic N) is 4. The molecule has 0 spiro atoms. The van der Waals surface area contributed by atoms with Crippen LogP contribution in [0.4, 0.5) is 5.69 Å². The number of aromatic nitrogens is 2. The molecule has 1 aromatic heterocycles. The van der Waals surface area contributed by atoms with E-state index in [4.69, 9.17) is 11.6 Å². The number of anilines is 1. The molecule has 164 valence electrons. The monoisotopic (exact) mass is 550 g/mol. The number of halogens is 2. The van der Waals surface area contributed by atoms with Gasteiger partial charge in [0.05, 0.1) is 6.54 Å². The van der Waals surface area contributed by atoms with E-state index in [1.165, 1.54) is 16.8 Å². The molecule has 0 saturated carbocycles. The Hall–Kier alpha value is -2.26. The van der Waals surface area contributed by atoms with Gasteiger partial charge in [-0.3, -0.25) is 9.67 Å². The summed E-state index contributed by atoms with van der Waals surface area (Å²) in [6.45, 7) is 3.40. The summed E-state index contributed by atoms with van der Waals surface area (Å²) < 4.78 is 1.94. The van der Waals surface area contributed by atoms with Crippen LogP contribution in [0.5, 0.6) is 0 Å². The summed E-state index contributed by atoms with van der Waals surface area (Å²) in [7, 11) is 1.81. The molecular weight excluding hydrogens is 523 g/mol. The van der Waals surface area contributed by atoms with E-state index in [1.807, 2.05) is 42.2 Å². The van der Waals surface area contributed by atoms with Crippen molar-refractivity contribution in [3.63, 3.8) is 0 Å². The van der Waals surface area contributed by atoms with E-state index in [0.717, 1.165) is 37.0 Å². The van der Waals surface area contributed by atoms with Crippen LogP contribution in [0.3, 0.4) is 0 Å². The molecule has 2 N–H and O–H groups in total. The minimum atomic E-state index is 0. The minimum absolute atomic E-state index is 0. The molecule has 31 heavy (non-hydrogen) atoms.